The highest BCUT2D eigenvalue weighted by atomic mass is 19.1. The molecule has 0 spiro atoms. The summed E-state index contributed by atoms with van der Waals surface area (Å²) in [6.45, 7) is 5.64. The molecule has 1 atom stereocenters. The minimum absolute atomic E-state index is 0.441. The van der Waals surface area contributed by atoms with E-state index in [9.17, 15) is 4.39 Å². The second-order valence-corrected chi connectivity index (χ2v) is 8.24. The third kappa shape index (κ3) is 7.94. The largest absolute Gasteiger partial charge is 0.247 e. The second-order valence-electron chi connectivity index (χ2n) is 8.24. The van der Waals surface area contributed by atoms with Gasteiger partial charge in [-0.05, 0) is 48.8 Å². The molecule has 0 aromatic heterocycles. The smallest absolute Gasteiger partial charge is 0.104 e. The topological polar surface area (TPSA) is 24.7 Å². The van der Waals surface area contributed by atoms with Crippen LogP contribution in [0.1, 0.15) is 60.4 Å². The van der Waals surface area contributed by atoms with Crippen LogP contribution in [0, 0.1) is 0 Å². The summed E-state index contributed by atoms with van der Waals surface area (Å²) < 4.78 is 13.7. The van der Waals surface area contributed by atoms with Crippen molar-refractivity contribution in [3.8, 4) is 0 Å². The molecule has 0 saturated heterocycles. The molecule has 0 heterocycles. The SMILES string of the molecule is C=CCCCCc1ccc(C=NN=C(c2ccccc2)c2ccc(CC(F)CC)cc2)cc1. The lowest BCUT2D eigenvalue weighted by atomic mass is 9.99. The summed E-state index contributed by atoms with van der Waals surface area (Å²) in [4.78, 5) is 0. The molecular weight excluding hydrogens is 407 g/mol. The van der Waals surface area contributed by atoms with Crippen molar-refractivity contribution in [2.24, 2.45) is 10.2 Å². The summed E-state index contributed by atoms with van der Waals surface area (Å²) in [6.07, 6.45) is 8.44. The van der Waals surface area contributed by atoms with E-state index in [1.807, 2.05) is 67.6 Å². The van der Waals surface area contributed by atoms with Crippen molar-refractivity contribution in [2.45, 2.75) is 51.6 Å². The monoisotopic (exact) mass is 440 g/mol. The van der Waals surface area contributed by atoms with Gasteiger partial charge in [-0.15, -0.1) is 11.7 Å². The molecule has 0 fully saturated rings. The number of alkyl halides is 1. The van der Waals surface area contributed by atoms with E-state index in [1.54, 1.807) is 6.21 Å². The van der Waals surface area contributed by atoms with Gasteiger partial charge in [0.2, 0.25) is 0 Å². The van der Waals surface area contributed by atoms with Gasteiger partial charge in [-0.3, -0.25) is 0 Å². The lowest BCUT2D eigenvalue weighted by molar-refractivity contribution is 0.323. The van der Waals surface area contributed by atoms with Gasteiger partial charge in [0.1, 0.15) is 11.9 Å². The highest BCUT2D eigenvalue weighted by molar-refractivity contribution is 6.13. The Bertz CT molecular complexity index is 1030. The molecule has 0 aliphatic rings. The molecule has 2 nitrogen and oxygen atoms in total. The molecule has 0 aliphatic carbocycles. The Morgan fingerprint density at radius 1 is 0.879 bits per heavy atom. The molecule has 0 saturated carbocycles. The molecule has 0 radical (unpaired) electrons. The van der Waals surface area contributed by atoms with Crippen LogP contribution in [0.5, 0.6) is 0 Å². The van der Waals surface area contributed by atoms with E-state index in [-0.39, 0.29) is 0 Å². The molecular formula is C30H33FN2. The first-order valence-electron chi connectivity index (χ1n) is 11.8. The maximum absolute atomic E-state index is 13.7. The van der Waals surface area contributed by atoms with Gasteiger partial charge in [0.15, 0.2) is 0 Å². The number of aryl methyl sites for hydroxylation is 1. The first kappa shape index (κ1) is 24.3. The van der Waals surface area contributed by atoms with Crippen LogP contribution in [0.25, 0.3) is 0 Å². The first-order chi connectivity index (χ1) is 16.2. The van der Waals surface area contributed by atoms with Crippen LogP contribution < -0.4 is 0 Å². The molecule has 3 heteroatoms. The Morgan fingerprint density at radius 2 is 1.55 bits per heavy atom. The van der Waals surface area contributed by atoms with Crippen molar-refractivity contribution in [1.82, 2.24) is 0 Å². The minimum Gasteiger partial charge on any atom is -0.247 e. The summed E-state index contributed by atoms with van der Waals surface area (Å²) in [5.74, 6) is 0. The van der Waals surface area contributed by atoms with Crippen molar-refractivity contribution in [3.05, 3.63) is 119 Å². The van der Waals surface area contributed by atoms with Gasteiger partial charge >= 0.3 is 0 Å². The van der Waals surface area contributed by atoms with Crippen LogP contribution in [0.4, 0.5) is 4.39 Å². The van der Waals surface area contributed by atoms with Gasteiger partial charge in [-0.25, -0.2) is 4.39 Å². The Labute approximate surface area is 197 Å². The summed E-state index contributed by atoms with van der Waals surface area (Å²) in [5, 5.41) is 8.95. The molecule has 3 rings (SSSR count). The van der Waals surface area contributed by atoms with Gasteiger partial charge in [0.05, 0.1) is 6.21 Å². The lowest BCUT2D eigenvalue weighted by Gasteiger charge is -2.08. The van der Waals surface area contributed by atoms with Crippen molar-refractivity contribution >= 4 is 11.9 Å². The first-order valence-corrected chi connectivity index (χ1v) is 11.8. The van der Waals surface area contributed by atoms with Gasteiger partial charge in [0, 0.05) is 17.5 Å². The third-order valence-corrected chi connectivity index (χ3v) is 5.64. The quantitative estimate of drug-likeness (QED) is 0.119. The predicted molar refractivity (Wildman–Crippen MR) is 139 cm³/mol. The van der Waals surface area contributed by atoms with E-state index < -0.39 is 6.17 Å². The van der Waals surface area contributed by atoms with Crippen molar-refractivity contribution in [1.29, 1.82) is 0 Å². The molecule has 170 valence electrons. The van der Waals surface area contributed by atoms with Crippen LogP contribution in [-0.2, 0) is 12.8 Å². The number of nitrogens with zero attached hydrogens (tertiary/aromatic N) is 2. The van der Waals surface area contributed by atoms with Crippen LogP contribution in [0.3, 0.4) is 0 Å². The number of hydrogen-bond donors (Lipinski definition) is 0. The number of halogens is 1. The standard InChI is InChI=1S/C30H33FN2/c1-3-5-6-8-11-24-14-16-26(17-15-24)23-32-33-30(27-12-9-7-10-13-27)28-20-18-25(19-21-28)22-29(31)4-2/h3,7,9-10,12-21,23,29H,1,4-6,8,11,22H2,2H3. The van der Waals surface area contributed by atoms with E-state index in [1.165, 1.54) is 18.4 Å². The fraction of sp³-hybridized carbons (Fsp3) is 0.267. The maximum Gasteiger partial charge on any atom is 0.104 e. The van der Waals surface area contributed by atoms with Gasteiger partial charge < -0.3 is 0 Å². The molecule has 33 heavy (non-hydrogen) atoms. The van der Waals surface area contributed by atoms with E-state index in [0.717, 1.165) is 40.8 Å². The zero-order valence-electron chi connectivity index (χ0n) is 19.5. The number of unbranched alkanes of at least 4 members (excludes halogenated alkanes) is 2. The summed E-state index contributed by atoms with van der Waals surface area (Å²) in [6, 6.07) is 26.5. The highest BCUT2D eigenvalue weighted by Gasteiger charge is 2.09. The summed E-state index contributed by atoms with van der Waals surface area (Å²) in [5.41, 5.74) is 6.10. The van der Waals surface area contributed by atoms with Gasteiger partial charge in [-0.2, -0.15) is 5.10 Å². The molecule has 0 bridgehead atoms. The van der Waals surface area contributed by atoms with Crippen molar-refractivity contribution < 1.29 is 4.39 Å². The van der Waals surface area contributed by atoms with E-state index >= 15 is 0 Å². The molecule has 3 aromatic rings. The van der Waals surface area contributed by atoms with Gasteiger partial charge in [0.25, 0.3) is 0 Å². The van der Waals surface area contributed by atoms with Crippen LogP contribution in [0.15, 0.2) is 102 Å². The van der Waals surface area contributed by atoms with E-state index in [2.05, 4.69) is 41.0 Å². The minimum atomic E-state index is -0.804. The third-order valence-electron chi connectivity index (χ3n) is 5.64. The van der Waals surface area contributed by atoms with E-state index in [4.69, 9.17) is 0 Å². The van der Waals surface area contributed by atoms with Crippen molar-refractivity contribution in [2.75, 3.05) is 0 Å². The highest BCUT2D eigenvalue weighted by Crippen LogP contribution is 2.15. The van der Waals surface area contributed by atoms with Crippen LogP contribution >= 0.6 is 0 Å². The molecule has 1 unspecified atom stereocenters. The van der Waals surface area contributed by atoms with E-state index in [0.29, 0.717) is 12.8 Å². The van der Waals surface area contributed by atoms with Crippen LogP contribution in [0.2, 0.25) is 0 Å². The number of benzene rings is 3. The molecule has 0 N–H and O–H groups in total. The molecule has 0 aliphatic heterocycles. The number of rotatable bonds is 12. The summed E-state index contributed by atoms with van der Waals surface area (Å²) in [7, 11) is 0. The Morgan fingerprint density at radius 3 is 2.21 bits per heavy atom. The molecule has 3 aromatic carbocycles. The average Bonchev–Trinajstić information content (AvgIpc) is 2.86. The Balaban J connectivity index is 1.74. The van der Waals surface area contributed by atoms with Crippen LogP contribution in [-0.4, -0.2) is 18.1 Å². The fourth-order valence-corrected chi connectivity index (χ4v) is 3.62. The normalized spacial score (nSPS) is 12.7. The van der Waals surface area contributed by atoms with Gasteiger partial charge in [-0.1, -0.05) is 91.9 Å². The van der Waals surface area contributed by atoms with Crippen molar-refractivity contribution in [3.63, 3.8) is 0 Å². The number of hydrogen-bond acceptors (Lipinski definition) is 2. The average molecular weight is 441 g/mol. The maximum atomic E-state index is 13.7. The zero-order chi connectivity index (χ0) is 23.3. The number of allylic oxidation sites excluding steroid dienone is 1. The zero-order valence-corrected chi connectivity index (χ0v) is 19.5. The fourth-order valence-electron chi connectivity index (χ4n) is 3.62. The Hall–Kier alpha value is -3.33. The second kappa shape index (κ2) is 13.3. The Kier molecular flexibility index (Phi) is 9.78. The summed E-state index contributed by atoms with van der Waals surface area (Å²) >= 11 is 0. The lowest BCUT2D eigenvalue weighted by Crippen LogP contribution is -2.05. The molecule has 0 amide bonds. The predicted octanol–water partition coefficient (Wildman–Crippen LogP) is 7.75.